The summed E-state index contributed by atoms with van der Waals surface area (Å²) in [5.74, 6) is -0.797. The molecule has 0 amide bonds. The Morgan fingerprint density at radius 2 is 2.35 bits per heavy atom. The van der Waals surface area contributed by atoms with E-state index in [1.54, 1.807) is 0 Å². The Kier molecular flexibility index (Phi) is 5.03. The van der Waals surface area contributed by atoms with Gasteiger partial charge in [0.2, 0.25) is 5.16 Å². The Labute approximate surface area is 142 Å². The molecule has 120 valence electrons. The van der Waals surface area contributed by atoms with Crippen LogP contribution < -0.4 is 0 Å². The van der Waals surface area contributed by atoms with Gasteiger partial charge in [0.05, 0.1) is 17.9 Å². The molecular weight excluding hydrogens is 332 g/mol. The fraction of sp³-hybridized carbons (Fsp3) is 0.571. The van der Waals surface area contributed by atoms with Crippen molar-refractivity contribution < 1.29 is 4.79 Å². The van der Waals surface area contributed by atoms with Crippen LogP contribution in [-0.2, 0) is 4.79 Å². The summed E-state index contributed by atoms with van der Waals surface area (Å²) < 4.78 is 1.82. The van der Waals surface area contributed by atoms with E-state index in [0.717, 1.165) is 18.5 Å². The van der Waals surface area contributed by atoms with E-state index < -0.39 is 5.92 Å². The molecule has 1 aliphatic carbocycles. The summed E-state index contributed by atoms with van der Waals surface area (Å²) in [5.41, 5.74) is 0.830. The number of thioether (sulfide) groups is 1. The van der Waals surface area contributed by atoms with Crippen molar-refractivity contribution in [2.45, 2.75) is 49.7 Å². The van der Waals surface area contributed by atoms with Crippen LogP contribution in [0, 0.1) is 18.3 Å². The number of rotatable bonds is 6. The molecule has 0 saturated heterocycles. The SMILES string of the molecule is Cc1csc([C@@H](C#N)C(=O)CSc2nnnn2C2CCCC2)n1. The van der Waals surface area contributed by atoms with E-state index in [0.29, 0.717) is 16.2 Å². The third kappa shape index (κ3) is 3.59. The number of ketones is 1. The van der Waals surface area contributed by atoms with E-state index in [2.05, 4.69) is 26.6 Å². The zero-order valence-electron chi connectivity index (χ0n) is 12.7. The molecule has 0 spiro atoms. The first kappa shape index (κ1) is 16.1. The lowest BCUT2D eigenvalue weighted by Crippen LogP contribution is -2.14. The van der Waals surface area contributed by atoms with Crippen molar-refractivity contribution in [1.82, 2.24) is 25.2 Å². The number of nitrogens with zero attached hydrogens (tertiary/aromatic N) is 6. The van der Waals surface area contributed by atoms with Crippen LogP contribution in [0.5, 0.6) is 0 Å². The molecular formula is C14H16N6OS2. The second kappa shape index (κ2) is 7.19. The Morgan fingerprint density at radius 3 is 3.00 bits per heavy atom. The summed E-state index contributed by atoms with van der Waals surface area (Å²) in [6, 6.07) is 2.39. The van der Waals surface area contributed by atoms with E-state index in [1.165, 1.54) is 35.9 Å². The van der Waals surface area contributed by atoms with Gasteiger partial charge in [-0.05, 0) is 30.2 Å². The first-order chi connectivity index (χ1) is 11.2. The first-order valence-electron chi connectivity index (χ1n) is 7.44. The monoisotopic (exact) mass is 348 g/mol. The van der Waals surface area contributed by atoms with Crippen LogP contribution in [0.2, 0.25) is 0 Å². The molecule has 0 aliphatic heterocycles. The van der Waals surface area contributed by atoms with E-state index in [4.69, 9.17) is 0 Å². The second-order valence-corrected chi connectivity index (χ2v) is 7.32. The van der Waals surface area contributed by atoms with Gasteiger partial charge in [-0.2, -0.15) is 5.26 Å². The lowest BCUT2D eigenvalue weighted by Gasteiger charge is -2.10. The Bertz CT molecular complexity index is 728. The van der Waals surface area contributed by atoms with Crippen LogP contribution >= 0.6 is 23.1 Å². The van der Waals surface area contributed by atoms with Gasteiger partial charge >= 0.3 is 0 Å². The number of thiazole rings is 1. The van der Waals surface area contributed by atoms with Gasteiger partial charge < -0.3 is 0 Å². The molecule has 0 unspecified atom stereocenters. The van der Waals surface area contributed by atoms with Crippen LogP contribution in [0.1, 0.15) is 48.3 Å². The first-order valence-corrected chi connectivity index (χ1v) is 9.30. The number of tetrazole rings is 1. The normalized spacial score (nSPS) is 16.3. The van der Waals surface area contributed by atoms with Crippen molar-refractivity contribution in [2.75, 3.05) is 5.75 Å². The average molecular weight is 348 g/mol. The average Bonchev–Trinajstić information content (AvgIpc) is 3.27. The van der Waals surface area contributed by atoms with Crippen molar-refractivity contribution in [3.8, 4) is 6.07 Å². The topological polar surface area (TPSA) is 97.4 Å². The highest BCUT2D eigenvalue weighted by Gasteiger charge is 2.26. The van der Waals surface area contributed by atoms with Crippen LogP contribution in [0.4, 0.5) is 0 Å². The number of hydrogen-bond acceptors (Lipinski definition) is 8. The molecule has 3 rings (SSSR count). The molecule has 1 fully saturated rings. The maximum absolute atomic E-state index is 12.4. The lowest BCUT2D eigenvalue weighted by atomic mass is 10.1. The van der Waals surface area contributed by atoms with E-state index in [-0.39, 0.29) is 11.5 Å². The Morgan fingerprint density at radius 1 is 1.57 bits per heavy atom. The van der Waals surface area contributed by atoms with Gasteiger partial charge in [-0.15, -0.1) is 16.4 Å². The Balaban J connectivity index is 1.65. The molecule has 1 atom stereocenters. The molecule has 1 saturated carbocycles. The molecule has 0 radical (unpaired) electrons. The largest absolute Gasteiger partial charge is 0.297 e. The van der Waals surface area contributed by atoms with E-state index >= 15 is 0 Å². The number of aryl methyl sites for hydroxylation is 1. The van der Waals surface area contributed by atoms with Crippen molar-refractivity contribution in [3.63, 3.8) is 0 Å². The highest BCUT2D eigenvalue weighted by atomic mass is 32.2. The quantitative estimate of drug-likeness (QED) is 0.740. The number of hydrogen-bond donors (Lipinski definition) is 0. The molecule has 0 aromatic carbocycles. The van der Waals surface area contributed by atoms with Crippen molar-refractivity contribution >= 4 is 28.9 Å². The molecule has 2 heterocycles. The summed E-state index contributed by atoms with van der Waals surface area (Å²) in [6.45, 7) is 1.85. The zero-order chi connectivity index (χ0) is 16.2. The number of Topliss-reactive ketones (excluding diaryl/α,β-unsaturated/α-hetero) is 1. The van der Waals surface area contributed by atoms with E-state index in [1.807, 2.05) is 17.0 Å². The lowest BCUT2D eigenvalue weighted by molar-refractivity contribution is -0.116. The number of nitriles is 1. The predicted molar refractivity (Wildman–Crippen MR) is 86.3 cm³/mol. The smallest absolute Gasteiger partial charge is 0.210 e. The van der Waals surface area contributed by atoms with Gasteiger partial charge in [0, 0.05) is 11.1 Å². The molecule has 7 nitrogen and oxygen atoms in total. The highest BCUT2D eigenvalue weighted by Crippen LogP contribution is 2.32. The minimum Gasteiger partial charge on any atom is -0.297 e. The molecule has 2 aromatic rings. The maximum Gasteiger partial charge on any atom is 0.210 e. The van der Waals surface area contributed by atoms with Crippen LogP contribution in [0.15, 0.2) is 10.5 Å². The van der Waals surface area contributed by atoms with E-state index in [9.17, 15) is 10.1 Å². The van der Waals surface area contributed by atoms with Crippen LogP contribution in [-0.4, -0.2) is 36.7 Å². The van der Waals surface area contributed by atoms with Gasteiger partial charge in [0.15, 0.2) is 11.7 Å². The Hall–Kier alpha value is -1.79. The molecule has 1 aliphatic rings. The minimum absolute atomic E-state index is 0.159. The maximum atomic E-state index is 12.4. The number of aromatic nitrogens is 5. The van der Waals surface area contributed by atoms with Gasteiger partial charge in [0.25, 0.3) is 0 Å². The zero-order valence-corrected chi connectivity index (χ0v) is 14.3. The third-order valence-electron chi connectivity index (χ3n) is 3.81. The highest BCUT2D eigenvalue weighted by molar-refractivity contribution is 7.99. The third-order valence-corrected chi connectivity index (χ3v) is 5.79. The summed E-state index contributed by atoms with van der Waals surface area (Å²) in [5, 5.41) is 24.1. The van der Waals surface area contributed by atoms with Gasteiger partial charge in [0.1, 0.15) is 5.01 Å². The van der Waals surface area contributed by atoms with Crippen molar-refractivity contribution in [2.24, 2.45) is 0 Å². The molecule has 2 aromatic heterocycles. The summed E-state index contributed by atoms with van der Waals surface area (Å²) >= 11 is 2.65. The molecule has 0 N–H and O–H groups in total. The van der Waals surface area contributed by atoms with Crippen molar-refractivity contribution in [3.05, 3.63) is 16.1 Å². The number of carbonyl (C=O) groups is 1. The summed E-state index contributed by atoms with van der Waals surface area (Å²) in [4.78, 5) is 16.6. The fourth-order valence-electron chi connectivity index (χ4n) is 2.65. The van der Waals surface area contributed by atoms with Crippen LogP contribution in [0.3, 0.4) is 0 Å². The molecule has 9 heteroatoms. The fourth-order valence-corrected chi connectivity index (χ4v) is 4.36. The number of carbonyl (C=O) groups excluding carboxylic acids is 1. The van der Waals surface area contributed by atoms with Gasteiger partial charge in [-0.25, -0.2) is 9.67 Å². The van der Waals surface area contributed by atoms with Crippen LogP contribution in [0.25, 0.3) is 0 Å². The summed E-state index contributed by atoms with van der Waals surface area (Å²) in [7, 11) is 0. The second-order valence-electron chi connectivity index (χ2n) is 5.49. The molecule has 23 heavy (non-hydrogen) atoms. The van der Waals surface area contributed by atoms with Crippen molar-refractivity contribution in [1.29, 1.82) is 5.26 Å². The molecule has 0 bridgehead atoms. The summed E-state index contributed by atoms with van der Waals surface area (Å²) in [6.07, 6.45) is 4.53. The predicted octanol–water partition coefficient (Wildman–Crippen LogP) is 2.52. The van der Waals surface area contributed by atoms with Gasteiger partial charge in [-0.3, -0.25) is 4.79 Å². The van der Waals surface area contributed by atoms with Gasteiger partial charge in [-0.1, -0.05) is 24.6 Å². The minimum atomic E-state index is -0.808. The standard InChI is InChI=1S/C14H16N6OS2/c1-9-7-22-13(16-9)11(6-15)12(21)8-23-14-17-18-19-20(14)10-4-2-3-5-10/h7,10-11H,2-5,8H2,1H3/t11-/m0/s1.